The van der Waals surface area contributed by atoms with Crippen molar-refractivity contribution in [3.63, 3.8) is 0 Å². The summed E-state index contributed by atoms with van der Waals surface area (Å²) < 4.78 is 91.8. The summed E-state index contributed by atoms with van der Waals surface area (Å²) in [6.45, 7) is 0. The average molecular weight is 779 g/mol. The Morgan fingerprint density at radius 2 is 1.10 bits per heavy atom. The number of aryl methyl sites for hydroxylation is 2. The highest BCUT2D eigenvalue weighted by Crippen LogP contribution is 2.33. The number of alkyl halides is 6. The molecule has 0 amide bonds. The topological polar surface area (TPSA) is 124 Å². The van der Waals surface area contributed by atoms with E-state index in [1.165, 1.54) is 74.3 Å². The first-order valence-electron chi connectivity index (χ1n) is 14.4. The average Bonchev–Trinajstić information content (AvgIpc) is 3.74. The first-order valence-corrected chi connectivity index (χ1v) is 15.2. The van der Waals surface area contributed by atoms with Crippen molar-refractivity contribution in [2.45, 2.75) is 12.4 Å². The Hall–Kier alpha value is -5.72. The number of aromatic nitrogens is 8. The molecule has 0 radical (unpaired) electrons. The summed E-state index contributed by atoms with van der Waals surface area (Å²) in [5, 5.41) is 16.3. The number of methoxy groups -OCH3 is 2. The van der Waals surface area contributed by atoms with Gasteiger partial charge in [-0.1, -0.05) is 0 Å². The van der Waals surface area contributed by atoms with Gasteiger partial charge in [-0.2, -0.15) is 46.7 Å². The third-order valence-electron chi connectivity index (χ3n) is 7.31. The molecule has 0 spiro atoms. The number of hydrogen-bond donors (Lipinski definition) is 0. The van der Waals surface area contributed by atoms with Gasteiger partial charge >= 0.3 is 12.4 Å². The molecule has 19 heteroatoms. The van der Waals surface area contributed by atoms with Crippen molar-refractivity contribution in [1.29, 1.82) is 0 Å². The lowest BCUT2D eigenvalue weighted by atomic mass is 10.2. The molecule has 0 aliphatic carbocycles. The van der Waals surface area contributed by atoms with Gasteiger partial charge in [0.1, 0.15) is 22.5 Å². The molecule has 4 aromatic heterocycles. The smallest absolute Gasteiger partial charge is 0.416 e. The summed E-state index contributed by atoms with van der Waals surface area (Å²) in [6, 6.07) is 10.7. The predicted octanol–water partition coefficient (Wildman–Crippen LogP) is 6.08. The summed E-state index contributed by atoms with van der Waals surface area (Å²) in [5.74, 6) is 0.507. The van der Waals surface area contributed by atoms with Crippen LogP contribution in [0.3, 0.4) is 0 Å². The van der Waals surface area contributed by atoms with Crippen LogP contribution in [0.4, 0.5) is 26.3 Å². The molecule has 266 valence electrons. The summed E-state index contributed by atoms with van der Waals surface area (Å²) >= 11 is 3.33. The second-order valence-electron chi connectivity index (χ2n) is 10.5. The van der Waals surface area contributed by atoms with E-state index in [0.717, 1.165) is 33.6 Å². The molecule has 0 saturated carbocycles. The van der Waals surface area contributed by atoms with E-state index in [1.807, 2.05) is 0 Å². The SMILES string of the molecule is COc1cnn(C)c(=O)c1-c1ccn(-c2ccc(C(F)(F)F)cc2)n1.COc1cnn(C)c(=O)c1-c1nn(-c2ccc(C(F)(F)F)cc2)cc1Br. The predicted molar refractivity (Wildman–Crippen MR) is 175 cm³/mol. The van der Waals surface area contributed by atoms with Crippen LogP contribution in [0.1, 0.15) is 11.1 Å². The van der Waals surface area contributed by atoms with Crippen molar-refractivity contribution in [2.75, 3.05) is 14.2 Å². The van der Waals surface area contributed by atoms with E-state index in [9.17, 15) is 35.9 Å². The Morgan fingerprint density at radius 3 is 1.57 bits per heavy atom. The first-order chi connectivity index (χ1) is 24.0. The van der Waals surface area contributed by atoms with Gasteiger partial charge in [-0.15, -0.1) is 0 Å². The van der Waals surface area contributed by atoms with Gasteiger partial charge in [0.25, 0.3) is 11.1 Å². The van der Waals surface area contributed by atoms with E-state index in [4.69, 9.17) is 9.47 Å². The molecule has 4 heterocycles. The van der Waals surface area contributed by atoms with Crippen LogP contribution in [0.5, 0.6) is 11.5 Å². The molecular formula is C32H25BrF6N8O4. The second kappa shape index (κ2) is 14.3. The molecule has 51 heavy (non-hydrogen) atoms. The van der Waals surface area contributed by atoms with Crippen molar-refractivity contribution in [3.05, 3.63) is 116 Å². The van der Waals surface area contributed by atoms with E-state index < -0.39 is 34.6 Å². The zero-order valence-corrected chi connectivity index (χ0v) is 28.4. The van der Waals surface area contributed by atoms with Crippen molar-refractivity contribution < 1.29 is 35.8 Å². The van der Waals surface area contributed by atoms with E-state index >= 15 is 0 Å². The number of rotatable bonds is 6. The minimum atomic E-state index is -4.41. The van der Waals surface area contributed by atoms with Crippen LogP contribution in [0, 0.1) is 0 Å². The highest BCUT2D eigenvalue weighted by molar-refractivity contribution is 9.10. The van der Waals surface area contributed by atoms with Crippen LogP contribution >= 0.6 is 15.9 Å². The third-order valence-corrected chi connectivity index (χ3v) is 7.89. The minimum absolute atomic E-state index is 0.197. The Kier molecular flexibility index (Phi) is 10.2. The fourth-order valence-electron chi connectivity index (χ4n) is 4.67. The molecule has 6 rings (SSSR count). The first kappa shape index (κ1) is 36.6. The van der Waals surface area contributed by atoms with Gasteiger partial charge in [0.2, 0.25) is 0 Å². The van der Waals surface area contributed by atoms with Crippen molar-refractivity contribution in [3.8, 4) is 45.4 Å². The summed E-state index contributed by atoms with van der Waals surface area (Å²) in [5.41, 5.74) is -0.401. The quantitative estimate of drug-likeness (QED) is 0.187. The van der Waals surface area contributed by atoms with Gasteiger partial charge in [0.15, 0.2) is 11.5 Å². The molecule has 0 aliphatic heterocycles. The Balaban J connectivity index is 0.000000198. The van der Waals surface area contributed by atoms with Crippen molar-refractivity contribution >= 4 is 15.9 Å². The molecule has 12 nitrogen and oxygen atoms in total. The normalized spacial score (nSPS) is 11.6. The fraction of sp³-hybridized carbons (Fsp3) is 0.188. The lowest BCUT2D eigenvalue weighted by molar-refractivity contribution is -0.138. The zero-order valence-electron chi connectivity index (χ0n) is 26.9. The number of nitrogens with zero attached hydrogens (tertiary/aromatic N) is 8. The van der Waals surface area contributed by atoms with Gasteiger partial charge in [0, 0.05) is 26.5 Å². The highest BCUT2D eigenvalue weighted by atomic mass is 79.9. The largest absolute Gasteiger partial charge is 0.494 e. The number of halogens is 7. The van der Waals surface area contributed by atoms with Crippen molar-refractivity contribution in [2.24, 2.45) is 14.1 Å². The van der Waals surface area contributed by atoms with E-state index in [2.05, 4.69) is 36.3 Å². The molecule has 0 aliphatic rings. The molecule has 2 aromatic carbocycles. The summed E-state index contributed by atoms with van der Waals surface area (Å²) in [7, 11) is 5.80. The number of benzene rings is 2. The van der Waals surface area contributed by atoms with Gasteiger partial charge in [-0.3, -0.25) is 9.59 Å². The van der Waals surface area contributed by atoms with Crippen LogP contribution in [0.25, 0.3) is 33.9 Å². The Morgan fingerprint density at radius 1 is 0.647 bits per heavy atom. The maximum absolute atomic E-state index is 12.7. The van der Waals surface area contributed by atoms with Gasteiger partial charge < -0.3 is 9.47 Å². The van der Waals surface area contributed by atoms with Crippen LogP contribution in [-0.2, 0) is 26.4 Å². The second-order valence-corrected chi connectivity index (χ2v) is 11.4. The Labute approximate surface area is 292 Å². The Bertz CT molecular complexity index is 2290. The molecular weight excluding hydrogens is 754 g/mol. The number of hydrogen-bond acceptors (Lipinski definition) is 8. The van der Waals surface area contributed by atoms with E-state index in [1.54, 1.807) is 18.5 Å². The van der Waals surface area contributed by atoms with Crippen LogP contribution in [0.2, 0.25) is 0 Å². The van der Waals surface area contributed by atoms with Gasteiger partial charge in [-0.25, -0.2) is 18.7 Å². The van der Waals surface area contributed by atoms with Crippen LogP contribution < -0.4 is 20.6 Å². The lowest BCUT2D eigenvalue weighted by Crippen LogP contribution is -2.22. The fourth-order valence-corrected chi connectivity index (χ4v) is 5.14. The molecule has 0 fully saturated rings. The molecule has 0 saturated heterocycles. The zero-order chi connectivity index (χ0) is 37.2. The lowest BCUT2D eigenvalue weighted by Gasteiger charge is -2.08. The molecule has 0 atom stereocenters. The number of ether oxygens (including phenoxy) is 2. The van der Waals surface area contributed by atoms with E-state index in [-0.39, 0.29) is 22.6 Å². The summed E-state index contributed by atoms with van der Waals surface area (Å²) in [6.07, 6.45) is -2.92. The third kappa shape index (κ3) is 7.72. The summed E-state index contributed by atoms with van der Waals surface area (Å²) in [4.78, 5) is 24.7. The standard InChI is InChI=1S/C16H12BrF3N4O2.C16H13F3N4O2/c1-23-15(25)13(12(26-2)7-21-23)14-11(17)8-24(22-14)10-5-3-9(4-6-10)16(18,19)20;1-22-15(24)14(13(25-2)9-20-22)12-7-8-23(21-12)11-5-3-10(4-6-11)16(17,18)19/h3-8H,1-2H3;3-9H,1-2H3. The van der Waals surface area contributed by atoms with Gasteiger partial charge in [0.05, 0.1) is 53.6 Å². The molecule has 0 unspecified atom stereocenters. The van der Waals surface area contributed by atoms with E-state index in [0.29, 0.717) is 27.2 Å². The monoisotopic (exact) mass is 778 g/mol. The van der Waals surface area contributed by atoms with Gasteiger partial charge in [-0.05, 0) is 70.5 Å². The molecule has 0 N–H and O–H groups in total. The van der Waals surface area contributed by atoms with Crippen LogP contribution in [0.15, 0.2) is 93.4 Å². The minimum Gasteiger partial charge on any atom is -0.494 e. The van der Waals surface area contributed by atoms with Crippen molar-refractivity contribution in [1.82, 2.24) is 39.1 Å². The maximum atomic E-state index is 12.7. The van der Waals surface area contributed by atoms with Crippen LogP contribution in [-0.4, -0.2) is 53.3 Å². The maximum Gasteiger partial charge on any atom is 0.416 e. The molecule has 6 aromatic rings. The highest BCUT2D eigenvalue weighted by Gasteiger charge is 2.31. The molecule has 0 bridgehead atoms.